The van der Waals surface area contributed by atoms with Crippen LogP contribution in [0.3, 0.4) is 0 Å². The lowest BCUT2D eigenvalue weighted by Gasteiger charge is -2.25. The number of nitrogens with one attached hydrogen (secondary N) is 1. The van der Waals surface area contributed by atoms with Crippen LogP contribution in [-0.2, 0) is 25.6 Å². The molecule has 7 heteroatoms. The van der Waals surface area contributed by atoms with Crippen LogP contribution in [0.15, 0.2) is 40.9 Å². The van der Waals surface area contributed by atoms with Gasteiger partial charge in [0.25, 0.3) is 0 Å². The number of hydrogen-bond acceptors (Lipinski definition) is 5. The second-order valence-corrected chi connectivity index (χ2v) is 7.61. The van der Waals surface area contributed by atoms with E-state index in [1.165, 1.54) is 19.3 Å². The van der Waals surface area contributed by atoms with E-state index >= 15 is 0 Å². The largest absolute Gasteiger partial charge is 0.466 e. The van der Waals surface area contributed by atoms with Crippen LogP contribution in [0.25, 0.3) is 0 Å². The molecule has 0 aliphatic rings. The predicted molar refractivity (Wildman–Crippen MR) is 103 cm³/mol. The summed E-state index contributed by atoms with van der Waals surface area (Å²) in [5, 5.41) is 2.71. The smallest absolute Gasteiger partial charge is 0.408 e. The van der Waals surface area contributed by atoms with E-state index in [9.17, 15) is 9.59 Å². The Hall–Kier alpha value is -1.86. The van der Waals surface area contributed by atoms with E-state index in [2.05, 4.69) is 26.0 Å². The highest BCUT2D eigenvalue weighted by Crippen LogP contribution is 2.13. The molecule has 6 nitrogen and oxygen atoms in total. The van der Waals surface area contributed by atoms with Gasteiger partial charge in [0.15, 0.2) is 0 Å². The van der Waals surface area contributed by atoms with Gasteiger partial charge < -0.3 is 19.5 Å². The van der Waals surface area contributed by atoms with Gasteiger partial charge in [-0.1, -0.05) is 34.1 Å². The first-order valence-electron chi connectivity index (χ1n) is 8.22. The van der Waals surface area contributed by atoms with Crippen molar-refractivity contribution in [1.82, 2.24) is 5.32 Å². The molecule has 26 heavy (non-hydrogen) atoms. The molecule has 1 aromatic carbocycles. The van der Waals surface area contributed by atoms with E-state index in [4.69, 9.17) is 9.47 Å². The zero-order chi connectivity index (χ0) is 19.7. The van der Waals surface area contributed by atoms with Crippen molar-refractivity contribution in [2.45, 2.75) is 52.0 Å². The van der Waals surface area contributed by atoms with E-state index in [1.54, 1.807) is 20.8 Å². The van der Waals surface area contributed by atoms with Gasteiger partial charge in [0.2, 0.25) is 0 Å². The Morgan fingerprint density at radius 2 is 1.85 bits per heavy atom. The van der Waals surface area contributed by atoms with Crippen molar-refractivity contribution in [3.8, 4) is 0 Å². The molecular formula is C19H26BrNO5. The summed E-state index contributed by atoms with van der Waals surface area (Å²) in [5.41, 5.74) is 0.371. The number of rotatable bonds is 7. The predicted octanol–water partition coefficient (Wildman–Crippen LogP) is 3.98. The Morgan fingerprint density at radius 3 is 2.38 bits per heavy atom. The van der Waals surface area contributed by atoms with Gasteiger partial charge >= 0.3 is 12.1 Å². The van der Waals surface area contributed by atoms with Crippen LogP contribution < -0.4 is 5.32 Å². The standard InChI is InChI=1S/C19H26BrNO5/c1-13(25-12-14-6-8-15(20)9-7-14)16(10-11-17(22)24-5)21-18(23)26-19(2,3)4/h6-11,13,16H,12H2,1-5H3,(H,21,23)/b11-10+/t13-,16+/m1/s1. The summed E-state index contributed by atoms with van der Waals surface area (Å²) < 4.78 is 16.7. The van der Waals surface area contributed by atoms with Gasteiger partial charge in [-0.25, -0.2) is 9.59 Å². The molecule has 1 rings (SSSR count). The third-order valence-electron chi connectivity index (χ3n) is 3.26. The average molecular weight is 428 g/mol. The minimum absolute atomic E-state index is 0.368. The minimum Gasteiger partial charge on any atom is -0.466 e. The number of hydrogen-bond donors (Lipinski definition) is 1. The number of halogens is 1. The van der Waals surface area contributed by atoms with Crippen LogP contribution in [0.4, 0.5) is 4.79 Å². The van der Waals surface area contributed by atoms with Gasteiger partial charge in [0.05, 0.1) is 25.9 Å². The summed E-state index contributed by atoms with van der Waals surface area (Å²) in [6.07, 6.45) is 1.80. The molecule has 0 aliphatic carbocycles. The zero-order valence-corrected chi connectivity index (χ0v) is 17.3. The first-order chi connectivity index (χ1) is 12.1. The number of esters is 1. The Kier molecular flexibility index (Phi) is 8.81. The highest BCUT2D eigenvalue weighted by Gasteiger charge is 2.22. The summed E-state index contributed by atoms with van der Waals surface area (Å²) >= 11 is 3.39. The summed E-state index contributed by atoms with van der Waals surface area (Å²) in [4.78, 5) is 23.4. The fraction of sp³-hybridized carbons (Fsp3) is 0.474. The maximum Gasteiger partial charge on any atom is 0.408 e. The first kappa shape index (κ1) is 22.2. The van der Waals surface area contributed by atoms with Gasteiger partial charge in [0, 0.05) is 10.5 Å². The molecule has 1 aromatic rings. The van der Waals surface area contributed by atoms with Crippen LogP contribution in [-0.4, -0.2) is 36.9 Å². The molecule has 0 saturated heterocycles. The second kappa shape index (κ2) is 10.3. The third-order valence-corrected chi connectivity index (χ3v) is 3.78. The molecule has 0 bridgehead atoms. The van der Waals surface area contributed by atoms with Crippen molar-refractivity contribution in [2.24, 2.45) is 0 Å². The lowest BCUT2D eigenvalue weighted by Crippen LogP contribution is -2.44. The van der Waals surface area contributed by atoms with Crippen LogP contribution in [0.2, 0.25) is 0 Å². The number of amides is 1. The Balaban J connectivity index is 2.74. The summed E-state index contributed by atoms with van der Waals surface area (Å²) in [7, 11) is 1.29. The Bertz CT molecular complexity index is 622. The molecule has 0 aromatic heterocycles. The minimum atomic E-state index is -0.623. The normalized spacial score (nSPS) is 13.9. The van der Waals surface area contributed by atoms with E-state index in [0.29, 0.717) is 6.61 Å². The van der Waals surface area contributed by atoms with Gasteiger partial charge in [-0.05, 0) is 45.4 Å². The number of carbonyl (C=O) groups is 2. The molecule has 0 radical (unpaired) electrons. The Morgan fingerprint density at radius 1 is 1.23 bits per heavy atom. The van der Waals surface area contributed by atoms with E-state index in [1.807, 2.05) is 31.2 Å². The molecule has 0 saturated carbocycles. The van der Waals surface area contributed by atoms with Crippen LogP contribution >= 0.6 is 15.9 Å². The van der Waals surface area contributed by atoms with E-state index in [0.717, 1.165) is 10.0 Å². The molecule has 1 N–H and O–H groups in total. The molecular weight excluding hydrogens is 402 g/mol. The van der Waals surface area contributed by atoms with Gasteiger partial charge in [0.1, 0.15) is 5.60 Å². The number of benzene rings is 1. The highest BCUT2D eigenvalue weighted by molar-refractivity contribution is 9.10. The molecule has 0 aliphatic heterocycles. The maximum atomic E-state index is 12.1. The average Bonchev–Trinajstić information content (AvgIpc) is 2.55. The number of ether oxygens (including phenoxy) is 3. The molecule has 0 heterocycles. The lowest BCUT2D eigenvalue weighted by molar-refractivity contribution is -0.134. The van der Waals surface area contributed by atoms with Crippen molar-refractivity contribution < 1.29 is 23.8 Å². The van der Waals surface area contributed by atoms with Crippen LogP contribution in [0.1, 0.15) is 33.3 Å². The van der Waals surface area contributed by atoms with E-state index < -0.39 is 29.8 Å². The van der Waals surface area contributed by atoms with Crippen molar-refractivity contribution in [3.05, 3.63) is 46.5 Å². The first-order valence-corrected chi connectivity index (χ1v) is 9.01. The molecule has 1 amide bonds. The van der Waals surface area contributed by atoms with Gasteiger partial charge in [-0.3, -0.25) is 0 Å². The fourth-order valence-electron chi connectivity index (χ4n) is 1.93. The third kappa shape index (κ3) is 9.01. The molecule has 0 fully saturated rings. The summed E-state index contributed by atoms with van der Waals surface area (Å²) in [6, 6.07) is 7.18. The lowest BCUT2D eigenvalue weighted by atomic mass is 10.1. The molecule has 0 unspecified atom stereocenters. The van der Waals surface area contributed by atoms with Crippen molar-refractivity contribution in [1.29, 1.82) is 0 Å². The quantitative estimate of drug-likeness (QED) is 0.526. The Labute approximate surface area is 163 Å². The topological polar surface area (TPSA) is 73.9 Å². The second-order valence-electron chi connectivity index (χ2n) is 6.70. The number of alkyl carbamates (subject to hydrolysis) is 1. The number of carbonyl (C=O) groups excluding carboxylic acids is 2. The summed E-state index contributed by atoms with van der Waals surface area (Å²) in [5.74, 6) is -0.513. The maximum absolute atomic E-state index is 12.1. The highest BCUT2D eigenvalue weighted by atomic mass is 79.9. The van der Waals surface area contributed by atoms with Crippen molar-refractivity contribution >= 4 is 28.0 Å². The van der Waals surface area contributed by atoms with Crippen molar-refractivity contribution in [2.75, 3.05) is 7.11 Å². The van der Waals surface area contributed by atoms with Gasteiger partial charge in [-0.15, -0.1) is 0 Å². The molecule has 0 spiro atoms. The summed E-state index contributed by atoms with van der Waals surface area (Å²) in [6.45, 7) is 7.51. The molecule has 144 valence electrons. The number of methoxy groups -OCH3 is 1. The van der Waals surface area contributed by atoms with E-state index in [-0.39, 0.29) is 0 Å². The van der Waals surface area contributed by atoms with Crippen LogP contribution in [0, 0.1) is 0 Å². The fourth-order valence-corrected chi connectivity index (χ4v) is 2.19. The molecule has 2 atom stereocenters. The van der Waals surface area contributed by atoms with Gasteiger partial charge in [-0.2, -0.15) is 0 Å². The monoisotopic (exact) mass is 427 g/mol. The SMILES string of the molecule is COC(=O)/C=C/[C@H](NC(=O)OC(C)(C)C)[C@@H](C)OCc1ccc(Br)cc1. The van der Waals surface area contributed by atoms with Crippen molar-refractivity contribution in [3.63, 3.8) is 0 Å². The zero-order valence-electron chi connectivity index (χ0n) is 15.7. The van der Waals surface area contributed by atoms with Crippen LogP contribution in [0.5, 0.6) is 0 Å².